The second-order valence-electron chi connectivity index (χ2n) is 4.86. The van der Waals surface area contributed by atoms with E-state index in [1.54, 1.807) is 6.08 Å². The lowest BCUT2D eigenvalue weighted by Crippen LogP contribution is -2.41. The first-order chi connectivity index (χ1) is 11.1. The van der Waals surface area contributed by atoms with E-state index in [9.17, 15) is 9.59 Å². The van der Waals surface area contributed by atoms with Crippen LogP contribution in [0.5, 0.6) is 0 Å². The number of rotatable bonds is 4. The standard InChI is InChI=1S/C18H18N2O3/c1-14-7-5-6-10-16(14)13-23-18(22)20-19-17(21)12-11-15-8-3-2-4-9-15/h2-12H,13H2,1H3,(H,19,21)(H,20,22)/b12-11+. The van der Waals surface area contributed by atoms with E-state index in [2.05, 4.69) is 10.9 Å². The molecule has 0 aromatic heterocycles. The second-order valence-corrected chi connectivity index (χ2v) is 4.86. The molecule has 0 saturated heterocycles. The third-order valence-corrected chi connectivity index (χ3v) is 3.13. The van der Waals surface area contributed by atoms with Gasteiger partial charge in [0.15, 0.2) is 0 Å². The van der Waals surface area contributed by atoms with Crippen molar-refractivity contribution in [3.8, 4) is 0 Å². The highest BCUT2D eigenvalue weighted by atomic mass is 16.6. The van der Waals surface area contributed by atoms with E-state index in [1.807, 2.05) is 61.5 Å². The monoisotopic (exact) mass is 310 g/mol. The van der Waals surface area contributed by atoms with Gasteiger partial charge in [-0.3, -0.25) is 10.2 Å². The van der Waals surface area contributed by atoms with E-state index in [-0.39, 0.29) is 6.61 Å². The fourth-order valence-electron chi connectivity index (χ4n) is 1.84. The lowest BCUT2D eigenvalue weighted by Gasteiger charge is -2.08. The number of hydrogen-bond donors (Lipinski definition) is 2. The highest BCUT2D eigenvalue weighted by Crippen LogP contribution is 2.08. The minimum atomic E-state index is -0.713. The number of ether oxygens (including phenoxy) is 1. The quantitative estimate of drug-likeness (QED) is 0.674. The first-order valence-electron chi connectivity index (χ1n) is 7.15. The summed E-state index contributed by atoms with van der Waals surface area (Å²) < 4.78 is 5.03. The van der Waals surface area contributed by atoms with E-state index in [0.29, 0.717) is 0 Å². The van der Waals surface area contributed by atoms with E-state index in [1.165, 1.54) is 6.08 Å². The number of hydrazine groups is 1. The summed E-state index contributed by atoms with van der Waals surface area (Å²) in [5.74, 6) is -0.443. The average Bonchev–Trinajstić information content (AvgIpc) is 2.58. The second kappa shape index (κ2) is 8.38. The van der Waals surface area contributed by atoms with Gasteiger partial charge in [-0.1, -0.05) is 54.6 Å². The molecule has 0 aliphatic heterocycles. The number of aryl methyl sites for hydroxylation is 1. The predicted octanol–water partition coefficient (Wildman–Crippen LogP) is 2.97. The highest BCUT2D eigenvalue weighted by Gasteiger charge is 2.04. The molecule has 2 aromatic carbocycles. The topological polar surface area (TPSA) is 67.4 Å². The lowest BCUT2D eigenvalue weighted by atomic mass is 10.1. The summed E-state index contributed by atoms with van der Waals surface area (Å²) in [6, 6.07) is 17.0. The third-order valence-electron chi connectivity index (χ3n) is 3.13. The Balaban J connectivity index is 1.73. The fraction of sp³-hybridized carbons (Fsp3) is 0.111. The van der Waals surface area contributed by atoms with Gasteiger partial charge in [0.2, 0.25) is 0 Å². The Bertz CT molecular complexity index is 696. The van der Waals surface area contributed by atoms with E-state index >= 15 is 0 Å². The summed E-state index contributed by atoms with van der Waals surface area (Å²) in [6.45, 7) is 2.08. The molecule has 2 N–H and O–H groups in total. The van der Waals surface area contributed by atoms with Gasteiger partial charge in [-0.05, 0) is 29.7 Å². The van der Waals surface area contributed by atoms with Gasteiger partial charge in [-0.25, -0.2) is 10.2 Å². The van der Waals surface area contributed by atoms with Crippen LogP contribution in [0.4, 0.5) is 4.79 Å². The van der Waals surface area contributed by atoms with Gasteiger partial charge in [-0.15, -0.1) is 0 Å². The molecule has 0 unspecified atom stereocenters. The molecule has 0 spiro atoms. The van der Waals surface area contributed by atoms with Crippen molar-refractivity contribution in [1.82, 2.24) is 10.9 Å². The predicted molar refractivity (Wildman–Crippen MR) is 88.1 cm³/mol. The Hall–Kier alpha value is -3.08. The van der Waals surface area contributed by atoms with Gasteiger partial charge in [0.25, 0.3) is 5.91 Å². The summed E-state index contributed by atoms with van der Waals surface area (Å²) in [5.41, 5.74) is 7.29. The molecule has 0 aliphatic rings. The Morgan fingerprint density at radius 3 is 2.43 bits per heavy atom. The van der Waals surface area contributed by atoms with Gasteiger partial charge >= 0.3 is 6.09 Å². The lowest BCUT2D eigenvalue weighted by molar-refractivity contribution is -0.117. The Labute approximate surface area is 134 Å². The van der Waals surface area contributed by atoms with Crippen molar-refractivity contribution in [2.75, 3.05) is 0 Å². The third kappa shape index (κ3) is 5.67. The molecule has 23 heavy (non-hydrogen) atoms. The maximum Gasteiger partial charge on any atom is 0.426 e. The molecule has 0 heterocycles. The molecule has 5 nitrogen and oxygen atoms in total. The van der Waals surface area contributed by atoms with Crippen molar-refractivity contribution in [2.45, 2.75) is 13.5 Å². The number of hydrogen-bond acceptors (Lipinski definition) is 3. The number of benzene rings is 2. The summed E-state index contributed by atoms with van der Waals surface area (Å²) in [5, 5.41) is 0. The average molecular weight is 310 g/mol. The molecule has 0 atom stereocenters. The van der Waals surface area contributed by atoms with Crippen LogP contribution in [0.2, 0.25) is 0 Å². The van der Waals surface area contributed by atoms with E-state index in [4.69, 9.17) is 4.74 Å². The normalized spacial score (nSPS) is 10.3. The van der Waals surface area contributed by atoms with E-state index < -0.39 is 12.0 Å². The highest BCUT2D eigenvalue weighted by molar-refractivity contribution is 5.92. The van der Waals surface area contributed by atoms with Crippen molar-refractivity contribution in [2.24, 2.45) is 0 Å². The van der Waals surface area contributed by atoms with Gasteiger partial charge in [0, 0.05) is 6.08 Å². The van der Waals surface area contributed by atoms with Crippen LogP contribution in [0.1, 0.15) is 16.7 Å². The SMILES string of the molecule is Cc1ccccc1COC(=O)NNC(=O)/C=C/c1ccccc1. The number of carbonyl (C=O) groups is 2. The summed E-state index contributed by atoms with van der Waals surface area (Å²) in [7, 11) is 0. The molecule has 118 valence electrons. The molecule has 5 heteroatoms. The Morgan fingerprint density at radius 2 is 1.70 bits per heavy atom. The summed E-state index contributed by atoms with van der Waals surface area (Å²) in [4.78, 5) is 23.1. The zero-order valence-corrected chi connectivity index (χ0v) is 12.8. The maximum absolute atomic E-state index is 11.6. The van der Waals surface area contributed by atoms with Crippen LogP contribution in [0, 0.1) is 6.92 Å². The van der Waals surface area contributed by atoms with Crippen LogP contribution < -0.4 is 10.9 Å². The van der Waals surface area contributed by atoms with Crippen molar-refractivity contribution >= 4 is 18.1 Å². The van der Waals surface area contributed by atoms with Crippen LogP contribution >= 0.6 is 0 Å². The molecule has 0 fully saturated rings. The van der Waals surface area contributed by atoms with Crippen LogP contribution in [0.25, 0.3) is 6.08 Å². The smallest absolute Gasteiger partial charge is 0.426 e. The van der Waals surface area contributed by atoms with Gasteiger partial charge in [0.05, 0.1) is 0 Å². The molecule has 0 bridgehead atoms. The zero-order chi connectivity index (χ0) is 16.5. The van der Waals surface area contributed by atoms with Gasteiger partial charge in [-0.2, -0.15) is 0 Å². The molecule has 2 amide bonds. The van der Waals surface area contributed by atoms with E-state index in [0.717, 1.165) is 16.7 Å². The molecule has 0 radical (unpaired) electrons. The fourth-order valence-corrected chi connectivity index (χ4v) is 1.84. The zero-order valence-electron chi connectivity index (χ0n) is 12.8. The Morgan fingerprint density at radius 1 is 1.00 bits per heavy atom. The molecule has 2 rings (SSSR count). The molecular weight excluding hydrogens is 292 g/mol. The van der Waals surface area contributed by atoms with Crippen molar-refractivity contribution in [3.63, 3.8) is 0 Å². The van der Waals surface area contributed by atoms with Crippen molar-refractivity contribution < 1.29 is 14.3 Å². The van der Waals surface area contributed by atoms with Crippen LogP contribution in [-0.2, 0) is 16.1 Å². The van der Waals surface area contributed by atoms with Gasteiger partial charge < -0.3 is 4.74 Å². The number of nitrogens with one attached hydrogen (secondary N) is 2. The van der Waals surface area contributed by atoms with Crippen LogP contribution in [-0.4, -0.2) is 12.0 Å². The van der Waals surface area contributed by atoms with Crippen molar-refractivity contribution in [1.29, 1.82) is 0 Å². The maximum atomic E-state index is 11.6. The largest absolute Gasteiger partial charge is 0.443 e. The molecular formula is C18H18N2O3. The minimum absolute atomic E-state index is 0.147. The summed E-state index contributed by atoms with van der Waals surface area (Å²) in [6.07, 6.45) is 2.27. The molecule has 2 aromatic rings. The minimum Gasteiger partial charge on any atom is -0.443 e. The van der Waals surface area contributed by atoms with Gasteiger partial charge in [0.1, 0.15) is 6.61 Å². The molecule has 0 saturated carbocycles. The first kappa shape index (κ1) is 16.3. The van der Waals surface area contributed by atoms with Crippen LogP contribution in [0.15, 0.2) is 60.7 Å². The summed E-state index contributed by atoms with van der Waals surface area (Å²) >= 11 is 0. The number of amides is 2. The first-order valence-corrected chi connectivity index (χ1v) is 7.15. The van der Waals surface area contributed by atoms with Crippen LogP contribution in [0.3, 0.4) is 0 Å². The number of carbonyl (C=O) groups excluding carboxylic acids is 2. The molecule has 0 aliphatic carbocycles. The Kier molecular flexibility index (Phi) is 5.94. The van der Waals surface area contributed by atoms with Crippen molar-refractivity contribution in [3.05, 3.63) is 77.4 Å².